The van der Waals surface area contributed by atoms with Crippen molar-refractivity contribution in [2.75, 3.05) is 5.75 Å². The van der Waals surface area contributed by atoms with E-state index in [0.717, 1.165) is 23.9 Å². The van der Waals surface area contributed by atoms with Gasteiger partial charge >= 0.3 is 5.69 Å². The lowest BCUT2D eigenvalue weighted by atomic mass is 10.0. The fraction of sp³-hybridized carbons (Fsp3) is 0.364. The molecule has 0 spiro atoms. The topological polar surface area (TPSA) is 121 Å². The first-order valence-corrected chi connectivity index (χ1v) is 6.28. The summed E-state index contributed by atoms with van der Waals surface area (Å²) in [4.78, 5) is 20.5. The van der Waals surface area contributed by atoms with Crippen molar-refractivity contribution in [1.29, 1.82) is 0 Å². The standard InChI is InChI=1S/C11H13NO6S/c1-6(13)19-5-10(15)11(16)7-2-3-8(12(17)18)9(14)4-7/h2-4,10-11,14-16H,5H2,1H3. The molecule has 0 saturated heterocycles. The Labute approximate surface area is 113 Å². The number of hydrogen-bond donors (Lipinski definition) is 3. The molecule has 7 nitrogen and oxygen atoms in total. The van der Waals surface area contributed by atoms with E-state index < -0.39 is 28.6 Å². The van der Waals surface area contributed by atoms with E-state index in [1.807, 2.05) is 0 Å². The zero-order chi connectivity index (χ0) is 14.6. The van der Waals surface area contributed by atoms with Gasteiger partial charge in [-0.1, -0.05) is 11.8 Å². The maximum Gasteiger partial charge on any atom is 0.310 e. The number of aliphatic hydroxyl groups excluding tert-OH is 2. The summed E-state index contributed by atoms with van der Waals surface area (Å²) in [5.41, 5.74) is -0.344. The van der Waals surface area contributed by atoms with Crippen LogP contribution < -0.4 is 0 Å². The van der Waals surface area contributed by atoms with Crippen LogP contribution in [-0.2, 0) is 4.79 Å². The van der Waals surface area contributed by atoms with E-state index in [4.69, 9.17) is 0 Å². The Bertz CT molecular complexity index is 492. The Hall–Kier alpha value is -1.64. The van der Waals surface area contributed by atoms with Gasteiger partial charge < -0.3 is 15.3 Å². The van der Waals surface area contributed by atoms with Gasteiger partial charge in [-0.3, -0.25) is 14.9 Å². The van der Waals surface area contributed by atoms with Crippen molar-refractivity contribution in [1.82, 2.24) is 0 Å². The molecular formula is C11H13NO6S. The molecule has 0 aliphatic carbocycles. The minimum atomic E-state index is -1.33. The second-order valence-corrected chi connectivity index (χ2v) is 5.02. The quantitative estimate of drug-likeness (QED) is 0.545. The zero-order valence-corrected chi connectivity index (χ0v) is 10.8. The Balaban J connectivity index is 2.82. The third-order valence-corrected chi connectivity index (χ3v) is 3.27. The molecule has 0 fully saturated rings. The lowest BCUT2D eigenvalue weighted by molar-refractivity contribution is -0.385. The molecule has 1 rings (SSSR count). The molecule has 0 heterocycles. The van der Waals surface area contributed by atoms with Crippen LogP contribution in [0.2, 0.25) is 0 Å². The smallest absolute Gasteiger partial charge is 0.310 e. The summed E-state index contributed by atoms with van der Waals surface area (Å²) in [6, 6.07) is 3.30. The summed E-state index contributed by atoms with van der Waals surface area (Å²) in [6.45, 7) is 1.33. The van der Waals surface area contributed by atoms with Gasteiger partial charge in [0.05, 0.1) is 11.0 Å². The van der Waals surface area contributed by atoms with Gasteiger partial charge in [-0.25, -0.2) is 0 Å². The monoisotopic (exact) mass is 287 g/mol. The molecule has 0 aromatic heterocycles. The average Bonchev–Trinajstić information content (AvgIpc) is 2.34. The van der Waals surface area contributed by atoms with Crippen LogP contribution >= 0.6 is 11.8 Å². The molecule has 0 bridgehead atoms. The van der Waals surface area contributed by atoms with Crippen LogP contribution in [0.3, 0.4) is 0 Å². The van der Waals surface area contributed by atoms with Crippen molar-refractivity contribution in [2.24, 2.45) is 0 Å². The summed E-state index contributed by atoms with van der Waals surface area (Å²) < 4.78 is 0. The van der Waals surface area contributed by atoms with Gasteiger partial charge in [0, 0.05) is 18.7 Å². The molecule has 0 radical (unpaired) electrons. The molecular weight excluding hydrogens is 274 g/mol. The van der Waals surface area contributed by atoms with Crippen molar-refractivity contribution in [3.8, 4) is 5.75 Å². The number of phenolic OH excluding ortho intramolecular Hbond substituents is 1. The predicted octanol–water partition coefficient (Wildman–Crippen LogP) is 0.974. The predicted molar refractivity (Wildman–Crippen MR) is 68.9 cm³/mol. The van der Waals surface area contributed by atoms with Crippen LogP contribution in [0.25, 0.3) is 0 Å². The maximum atomic E-state index is 10.7. The van der Waals surface area contributed by atoms with E-state index in [2.05, 4.69) is 0 Å². The van der Waals surface area contributed by atoms with E-state index in [1.54, 1.807) is 0 Å². The van der Waals surface area contributed by atoms with Crippen LogP contribution in [0.1, 0.15) is 18.6 Å². The number of nitro groups is 1. The number of carbonyl (C=O) groups excluding carboxylic acids is 1. The first kappa shape index (κ1) is 15.4. The fourth-order valence-electron chi connectivity index (χ4n) is 1.39. The number of aliphatic hydroxyl groups is 2. The van der Waals surface area contributed by atoms with Gasteiger partial charge in [0.1, 0.15) is 6.10 Å². The summed E-state index contributed by atoms with van der Waals surface area (Å²) in [6.07, 6.45) is -2.55. The van der Waals surface area contributed by atoms with Crippen LogP contribution in [0.5, 0.6) is 5.75 Å². The number of benzene rings is 1. The van der Waals surface area contributed by atoms with Crippen molar-refractivity contribution >= 4 is 22.6 Å². The SMILES string of the molecule is CC(=O)SCC(O)C(O)c1ccc([N+](=O)[O-])c(O)c1. The number of rotatable bonds is 5. The molecule has 2 unspecified atom stereocenters. The Morgan fingerprint density at radius 2 is 2.11 bits per heavy atom. The summed E-state index contributed by atoms with van der Waals surface area (Å²) in [7, 11) is 0. The Kier molecular flexibility index (Phi) is 5.28. The van der Waals surface area contributed by atoms with E-state index >= 15 is 0 Å². The van der Waals surface area contributed by atoms with E-state index in [-0.39, 0.29) is 16.4 Å². The molecule has 104 valence electrons. The molecule has 2 atom stereocenters. The summed E-state index contributed by atoms with van der Waals surface area (Å²) in [5, 5.41) is 39.2. The third-order valence-electron chi connectivity index (χ3n) is 2.36. The van der Waals surface area contributed by atoms with Gasteiger partial charge in [-0.15, -0.1) is 0 Å². The van der Waals surface area contributed by atoms with Crippen molar-refractivity contribution in [3.05, 3.63) is 33.9 Å². The molecule has 1 aromatic rings. The van der Waals surface area contributed by atoms with Crippen LogP contribution in [-0.4, -0.2) is 37.2 Å². The van der Waals surface area contributed by atoms with Crippen molar-refractivity contribution in [3.63, 3.8) is 0 Å². The molecule has 3 N–H and O–H groups in total. The molecule has 1 aromatic carbocycles. The van der Waals surface area contributed by atoms with Gasteiger partial charge in [-0.05, 0) is 17.7 Å². The molecule has 0 aliphatic rings. The number of thioether (sulfide) groups is 1. The summed E-state index contributed by atoms with van der Waals surface area (Å²) in [5.74, 6) is -0.596. The van der Waals surface area contributed by atoms with Crippen LogP contribution in [0.4, 0.5) is 5.69 Å². The van der Waals surface area contributed by atoms with Gasteiger partial charge in [-0.2, -0.15) is 0 Å². The molecule has 0 saturated carbocycles. The van der Waals surface area contributed by atoms with Crippen molar-refractivity contribution in [2.45, 2.75) is 19.1 Å². The lowest BCUT2D eigenvalue weighted by Gasteiger charge is -2.17. The second-order valence-electron chi connectivity index (χ2n) is 3.82. The highest BCUT2D eigenvalue weighted by Crippen LogP contribution is 2.30. The van der Waals surface area contributed by atoms with Gasteiger partial charge in [0.2, 0.25) is 0 Å². The van der Waals surface area contributed by atoms with Crippen LogP contribution in [0.15, 0.2) is 18.2 Å². The number of aromatic hydroxyl groups is 1. The van der Waals surface area contributed by atoms with Gasteiger partial charge in [0.15, 0.2) is 10.9 Å². The zero-order valence-electron chi connectivity index (χ0n) is 10.0. The Morgan fingerprint density at radius 3 is 2.58 bits per heavy atom. The molecule has 0 aliphatic heterocycles. The largest absolute Gasteiger partial charge is 0.502 e. The minimum Gasteiger partial charge on any atom is -0.502 e. The number of nitrogens with zero attached hydrogens (tertiary/aromatic N) is 1. The molecule has 8 heteroatoms. The van der Waals surface area contributed by atoms with Crippen molar-refractivity contribution < 1.29 is 25.0 Å². The first-order chi connectivity index (χ1) is 8.82. The number of hydrogen-bond acceptors (Lipinski definition) is 7. The summed E-state index contributed by atoms with van der Waals surface area (Å²) >= 11 is 0.855. The van der Waals surface area contributed by atoms with Gasteiger partial charge in [0.25, 0.3) is 0 Å². The van der Waals surface area contributed by atoms with E-state index in [1.165, 1.54) is 13.0 Å². The highest BCUT2D eigenvalue weighted by Gasteiger charge is 2.22. The highest BCUT2D eigenvalue weighted by atomic mass is 32.2. The highest BCUT2D eigenvalue weighted by molar-refractivity contribution is 8.13. The number of phenols is 1. The number of nitro benzene ring substituents is 1. The first-order valence-electron chi connectivity index (χ1n) is 5.29. The average molecular weight is 287 g/mol. The second kappa shape index (κ2) is 6.50. The van der Waals surface area contributed by atoms with E-state index in [9.17, 15) is 30.2 Å². The third kappa shape index (κ3) is 4.19. The van der Waals surface area contributed by atoms with Crippen LogP contribution in [0, 0.1) is 10.1 Å². The lowest BCUT2D eigenvalue weighted by Crippen LogP contribution is -2.21. The van der Waals surface area contributed by atoms with E-state index in [0.29, 0.717) is 0 Å². The molecule has 19 heavy (non-hydrogen) atoms. The number of carbonyl (C=O) groups is 1. The normalized spacial score (nSPS) is 13.8. The molecule has 0 amide bonds. The maximum absolute atomic E-state index is 10.7. The fourth-order valence-corrected chi connectivity index (χ4v) is 1.98. The minimum absolute atomic E-state index is 0.00570. The Morgan fingerprint density at radius 1 is 1.47 bits per heavy atom.